The van der Waals surface area contributed by atoms with Gasteiger partial charge < -0.3 is 14.8 Å². The fourth-order valence-electron chi connectivity index (χ4n) is 2.78. The number of methoxy groups -OCH3 is 1. The fourth-order valence-corrected chi connectivity index (χ4v) is 2.78. The molecule has 0 saturated carbocycles. The third-order valence-electron chi connectivity index (χ3n) is 4.13. The molecule has 1 aromatic heterocycles. The maximum atomic E-state index is 12.3. The summed E-state index contributed by atoms with van der Waals surface area (Å²) < 4.78 is 10.9. The van der Waals surface area contributed by atoms with E-state index in [1.807, 2.05) is 44.2 Å². The van der Waals surface area contributed by atoms with Crippen LogP contribution in [-0.4, -0.2) is 39.8 Å². The highest BCUT2D eigenvalue weighted by Gasteiger charge is 2.13. The van der Waals surface area contributed by atoms with Gasteiger partial charge in [0.05, 0.1) is 13.7 Å². The average Bonchev–Trinajstić information content (AvgIpc) is 3.17. The van der Waals surface area contributed by atoms with Crippen molar-refractivity contribution in [2.45, 2.75) is 26.8 Å². The zero-order valence-corrected chi connectivity index (χ0v) is 16.2. The molecule has 8 nitrogen and oxygen atoms in total. The predicted octanol–water partition coefficient (Wildman–Crippen LogP) is 2.95. The number of para-hydroxylation sites is 1. The van der Waals surface area contributed by atoms with Gasteiger partial charge in [-0.2, -0.15) is 4.80 Å². The minimum Gasteiger partial charge on any atom is -0.493 e. The number of hydrogen-bond acceptors (Lipinski definition) is 6. The quantitative estimate of drug-likeness (QED) is 0.645. The lowest BCUT2D eigenvalue weighted by Crippen LogP contribution is -2.21. The van der Waals surface area contributed by atoms with Crippen molar-refractivity contribution in [3.05, 3.63) is 48.0 Å². The Kier molecular flexibility index (Phi) is 6.21. The van der Waals surface area contributed by atoms with Crippen molar-refractivity contribution in [2.24, 2.45) is 0 Å². The molecule has 0 fully saturated rings. The molecular weight excluding hydrogens is 358 g/mol. The van der Waals surface area contributed by atoms with E-state index in [0.717, 1.165) is 23.2 Å². The molecule has 1 N–H and O–H groups in total. The van der Waals surface area contributed by atoms with Gasteiger partial charge in [-0.3, -0.25) is 4.79 Å². The number of benzene rings is 2. The van der Waals surface area contributed by atoms with Crippen LogP contribution < -0.4 is 14.8 Å². The second-order valence-corrected chi connectivity index (χ2v) is 6.00. The van der Waals surface area contributed by atoms with Crippen molar-refractivity contribution in [3.63, 3.8) is 0 Å². The second kappa shape index (κ2) is 8.98. The third-order valence-corrected chi connectivity index (χ3v) is 4.13. The van der Waals surface area contributed by atoms with E-state index in [1.54, 1.807) is 19.2 Å². The highest BCUT2D eigenvalue weighted by molar-refractivity contribution is 5.91. The summed E-state index contributed by atoms with van der Waals surface area (Å²) >= 11 is 0. The summed E-state index contributed by atoms with van der Waals surface area (Å²) in [5, 5.41) is 15.2. The van der Waals surface area contributed by atoms with Crippen LogP contribution >= 0.6 is 0 Å². The van der Waals surface area contributed by atoms with Crippen LogP contribution in [0, 0.1) is 0 Å². The number of anilines is 1. The Bertz CT molecular complexity index is 955. The van der Waals surface area contributed by atoms with Gasteiger partial charge in [0.15, 0.2) is 11.5 Å². The monoisotopic (exact) mass is 381 g/mol. The maximum absolute atomic E-state index is 12.3. The van der Waals surface area contributed by atoms with E-state index < -0.39 is 0 Å². The number of carbonyl (C=O) groups excluding carboxylic acids is 1. The molecule has 0 atom stereocenters. The van der Waals surface area contributed by atoms with Gasteiger partial charge in [0.2, 0.25) is 11.7 Å². The molecule has 3 rings (SSSR count). The molecule has 3 aromatic rings. The molecule has 0 bridgehead atoms. The molecule has 146 valence electrons. The topological polar surface area (TPSA) is 91.2 Å². The Morgan fingerprint density at radius 3 is 2.71 bits per heavy atom. The van der Waals surface area contributed by atoms with Gasteiger partial charge in [-0.1, -0.05) is 25.1 Å². The van der Waals surface area contributed by atoms with Crippen molar-refractivity contribution in [3.8, 4) is 22.9 Å². The maximum Gasteiger partial charge on any atom is 0.248 e. The van der Waals surface area contributed by atoms with Crippen molar-refractivity contribution in [1.82, 2.24) is 20.2 Å². The number of rotatable bonds is 8. The standard InChI is InChI=1S/C20H23N5O3/c1-4-14-8-6-7-9-16(14)21-19(26)13-25-23-20(22-24-25)15-10-11-17(27-3)18(12-15)28-5-2/h6-12H,4-5,13H2,1-3H3,(H,21,26). The summed E-state index contributed by atoms with van der Waals surface area (Å²) in [4.78, 5) is 13.6. The molecule has 0 aliphatic heterocycles. The molecule has 0 unspecified atom stereocenters. The van der Waals surface area contributed by atoms with Gasteiger partial charge in [0.25, 0.3) is 0 Å². The normalized spacial score (nSPS) is 10.5. The lowest BCUT2D eigenvalue weighted by molar-refractivity contribution is -0.117. The molecule has 1 heterocycles. The first-order valence-electron chi connectivity index (χ1n) is 9.11. The van der Waals surface area contributed by atoms with Gasteiger partial charge >= 0.3 is 0 Å². The number of aromatic nitrogens is 4. The Balaban J connectivity index is 1.72. The van der Waals surface area contributed by atoms with Crippen LogP contribution in [0.15, 0.2) is 42.5 Å². The highest BCUT2D eigenvalue weighted by Crippen LogP contribution is 2.31. The number of ether oxygens (including phenoxy) is 2. The minimum absolute atomic E-state index is 0.0283. The Labute approximate surface area is 163 Å². The Morgan fingerprint density at radius 1 is 1.14 bits per heavy atom. The second-order valence-electron chi connectivity index (χ2n) is 6.00. The molecule has 2 aromatic carbocycles. The van der Waals surface area contributed by atoms with Gasteiger partial charge in [-0.25, -0.2) is 0 Å². The molecular formula is C20H23N5O3. The van der Waals surface area contributed by atoms with Crippen molar-refractivity contribution < 1.29 is 14.3 Å². The lowest BCUT2D eigenvalue weighted by atomic mass is 10.1. The van der Waals surface area contributed by atoms with E-state index in [4.69, 9.17) is 9.47 Å². The van der Waals surface area contributed by atoms with Crippen LogP contribution in [0.2, 0.25) is 0 Å². The van der Waals surface area contributed by atoms with Gasteiger partial charge in [0, 0.05) is 11.3 Å². The van der Waals surface area contributed by atoms with Gasteiger partial charge in [0.1, 0.15) is 6.54 Å². The molecule has 0 aliphatic rings. The molecule has 0 radical (unpaired) electrons. The molecule has 1 amide bonds. The average molecular weight is 381 g/mol. The molecule has 0 spiro atoms. The van der Waals surface area contributed by atoms with Gasteiger partial charge in [-0.05, 0) is 48.4 Å². The van der Waals surface area contributed by atoms with E-state index >= 15 is 0 Å². The summed E-state index contributed by atoms with van der Waals surface area (Å²) in [5.41, 5.74) is 2.60. The number of hydrogen-bond donors (Lipinski definition) is 1. The summed E-state index contributed by atoms with van der Waals surface area (Å²) in [6, 6.07) is 13.1. The summed E-state index contributed by atoms with van der Waals surface area (Å²) in [6.07, 6.45) is 0.835. The van der Waals surface area contributed by atoms with Crippen LogP contribution in [0.5, 0.6) is 11.5 Å². The first kappa shape index (κ1) is 19.3. The summed E-state index contributed by atoms with van der Waals surface area (Å²) in [7, 11) is 1.58. The SMILES string of the molecule is CCOc1cc(-c2nnn(CC(=O)Nc3ccccc3CC)n2)ccc1OC. The van der Waals surface area contributed by atoms with E-state index in [-0.39, 0.29) is 12.5 Å². The van der Waals surface area contributed by atoms with Crippen LogP contribution in [-0.2, 0) is 17.8 Å². The Hall–Kier alpha value is -3.42. The van der Waals surface area contributed by atoms with Crippen molar-refractivity contribution >= 4 is 11.6 Å². The largest absolute Gasteiger partial charge is 0.493 e. The summed E-state index contributed by atoms with van der Waals surface area (Å²) in [6.45, 7) is 4.43. The van der Waals surface area contributed by atoms with Crippen molar-refractivity contribution in [1.29, 1.82) is 0 Å². The number of carbonyl (C=O) groups is 1. The summed E-state index contributed by atoms with van der Waals surface area (Å²) in [5.74, 6) is 1.43. The van der Waals surface area contributed by atoms with E-state index in [9.17, 15) is 4.79 Å². The number of nitrogens with zero attached hydrogens (tertiary/aromatic N) is 4. The van der Waals surface area contributed by atoms with E-state index in [1.165, 1.54) is 4.80 Å². The molecule has 0 saturated heterocycles. The molecule has 8 heteroatoms. The van der Waals surface area contributed by atoms with E-state index in [2.05, 4.69) is 20.7 Å². The van der Waals surface area contributed by atoms with Crippen LogP contribution in [0.25, 0.3) is 11.4 Å². The minimum atomic E-state index is -0.213. The zero-order valence-electron chi connectivity index (χ0n) is 16.2. The smallest absolute Gasteiger partial charge is 0.248 e. The van der Waals surface area contributed by atoms with E-state index in [0.29, 0.717) is 23.9 Å². The fraction of sp³-hybridized carbons (Fsp3) is 0.300. The predicted molar refractivity (Wildman–Crippen MR) is 105 cm³/mol. The zero-order chi connectivity index (χ0) is 19.9. The van der Waals surface area contributed by atoms with Gasteiger partial charge in [-0.15, -0.1) is 10.2 Å². The van der Waals surface area contributed by atoms with Crippen molar-refractivity contribution in [2.75, 3.05) is 19.0 Å². The third kappa shape index (κ3) is 4.46. The first-order valence-corrected chi connectivity index (χ1v) is 9.11. The van der Waals surface area contributed by atoms with Crippen LogP contribution in [0.4, 0.5) is 5.69 Å². The lowest BCUT2D eigenvalue weighted by Gasteiger charge is -2.09. The first-order chi connectivity index (χ1) is 13.6. The molecule has 0 aliphatic carbocycles. The number of tetrazole rings is 1. The number of aryl methyl sites for hydroxylation is 1. The van der Waals surface area contributed by atoms with Crippen LogP contribution in [0.3, 0.4) is 0 Å². The van der Waals surface area contributed by atoms with Crippen LogP contribution in [0.1, 0.15) is 19.4 Å². The molecule has 28 heavy (non-hydrogen) atoms. The Morgan fingerprint density at radius 2 is 1.96 bits per heavy atom. The number of amides is 1. The highest BCUT2D eigenvalue weighted by atomic mass is 16.5. The number of nitrogens with one attached hydrogen (secondary N) is 1.